The van der Waals surface area contributed by atoms with Crippen molar-refractivity contribution in [3.8, 4) is 0 Å². The number of hydrogen-bond acceptors (Lipinski definition) is 6. The molecule has 0 bridgehead atoms. The molecular formula is C19H15N5O3S. The molecule has 0 atom stereocenters. The summed E-state index contributed by atoms with van der Waals surface area (Å²) in [6.07, 6.45) is 0.263. The molecule has 0 aliphatic heterocycles. The molecule has 0 radical (unpaired) electrons. The first-order valence-corrected chi connectivity index (χ1v) is 9.46. The van der Waals surface area contributed by atoms with Crippen LogP contribution in [-0.2, 0) is 4.79 Å². The fourth-order valence-corrected chi connectivity index (χ4v) is 3.45. The number of aromatic nitrogens is 4. The van der Waals surface area contributed by atoms with Crippen molar-refractivity contribution in [1.29, 1.82) is 0 Å². The van der Waals surface area contributed by atoms with Crippen LogP contribution in [0.25, 0.3) is 22.1 Å². The van der Waals surface area contributed by atoms with Crippen molar-refractivity contribution in [2.45, 2.75) is 11.6 Å². The number of rotatable bonds is 6. The third-order valence-electron chi connectivity index (χ3n) is 4.08. The summed E-state index contributed by atoms with van der Waals surface area (Å²) < 4.78 is 0. The molecule has 28 heavy (non-hydrogen) atoms. The highest BCUT2D eigenvalue weighted by atomic mass is 32.2. The van der Waals surface area contributed by atoms with E-state index in [0.717, 1.165) is 16.4 Å². The normalized spacial score (nSPS) is 11.0. The number of nitrogens with zero attached hydrogens (tertiary/aromatic N) is 3. The lowest BCUT2D eigenvalue weighted by molar-refractivity contribution is -0.115. The number of amides is 1. The lowest BCUT2D eigenvalue weighted by atomic mass is 10.2. The molecule has 4 rings (SSSR count). The average molecular weight is 393 g/mol. The highest BCUT2D eigenvalue weighted by molar-refractivity contribution is 7.99. The fraction of sp³-hybridized carbons (Fsp3) is 0.105. The molecule has 2 aromatic heterocycles. The summed E-state index contributed by atoms with van der Waals surface area (Å²) in [7, 11) is 0. The summed E-state index contributed by atoms with van der Waals surface area (Å²) in [5.74, 6) is -0.683. The third kappa shape index (κ3) is 3.79. The number of fused-ring (bicyclic) bond motifs is 3. The van der Waals surface area contributed by atoms with Crippen molar-refractivity contribution in [1.82, 2.24) is 20.2 Å². The van der Waals surface area contributed by atoms with E-state index < -0.39 is 5.97 Å². The number of carboxylic acid groups (broad SMARTS) is 1. The highest BCUT2D eigenvalue weighted by Crippen LogP contribution is 2.23. The van der Waals surface area contributed by atoms with Crippen molar-refractivity contribution in [3.05, 3.63) is 54.1 Å². The Labute approximate surface area is 163 Å². The van der Waals surface area contributed by atoms with Crippen molar-refractivity contribution >= 4 is 51.4 Å². The number of anilines is 1. The molecule has 0 aliphatic carbocycles. The molecule has 4 aromatic rings. The van der Waals surface area contributed by atoms with Crippen LogP contribution in [-0.4, -0.2) is 42.9 Å². The van der Waals surface area contributed by atoms with Gasteiger partial charge >= 0.3 is 5.97 Å². The zero-order valence-electron chi connectivity index (χ0n) is 14.5. The Kier molecular flexibility index (Phi) is 4.90. The van der Waals surface area contributed by atoms with Gasteiger partial charge in [0.05, 0.1) is 5.56 Å². The van der Waals surface area contributed by atoms with Crippen LogP contribution < -0.4 is 5.32 Å². The molecule has 140 valence electrons. The molecule has 0 spiro atoms. The Morgan fingerprint density at radius 3 is 2.64 bits per heavy atom. The van der Waals surface area contributed by atoms with Crippen LogP contribution in [0.3, 0.4) is 0 Å². The number of aromatic carboxylic acids is 1. The van der Waals surface area contributed by atoms with Gasteiger partial charge in [-0.2, -0.15) is 0 Å². The van der Waals surface area contributed by atoms with E-state index >= 15 is 0 Å². The van der Waals surface area contributed by atoms with Gasteiger partial charge in [0, 0.05) is 28.8 Å². The number of nitrogens with one attached hydrogen (secondary N) is 2. The van der Waals surface area contributed by atoms with Gasteiger partial charge < -0.3 is 15.4 Å². The second kappa shape index (κ2) is 7.65. The zero-order valence-corrected chi connectivity index (χ0v) is 15.4. The summed E-state index contributed by atoms with van der Waals surface area (Å²) in [6.45, 7) is 0. The summed E-state index contributed by atoms with van der Waals surface area (Å²) in [4.78, 5) is 30.6. The largest absolute Gasteiger partial charge is 0.478 e. The number of para-hydroxylation sites is 1. The molecule has 0 unspecified atom stereocenters. The number of carboxylic acids is 1. The molecule has 2 heterocycles. The SMILES string of the molecule is O=C(CCSc1nnc2c(n1)[nH]c1ccccc12)Nc1ccc(C(=O)O)cc1. The van der Waals surface area contributed by atoms with E-state index in [-0.39, 0.29) is 17.9 Å². The Balaban J connectivity index is 1.34. The predicted octanol–water partition coefficient (Wildman–Crippen LogP) is 3.33. The van der Waals surface area contributed by atoms with Gasteiger partial charge in [0.25, 0.3) is 0 Å². The Morgan fingerprint density at radius 1 is 1.07 bits per heavy atom. The lowest BCUT2D eigenvalue weighted by Crippen LogP contribution is -2.12. The van der Waals surface area contributed by atoms with E-state index in [0.29, 0.717) is 22.2 Å². The highest BCUT2D eigenvalue weighted by Gasteiger charge is 2.10. The van der Waals surface area contributed by atoms with Crippen LogP contribution in [0.15, 0.2) is 53.7 Å². The molecule has 2 aromatic carbocycles. The maximum Gasteiger partial charge on any atom is 0.335 e. The Morgan fingerprint density at radius 2 is 1.86 bits per heavy atom. The van der Waals surface area contributed by atoms with Crippen LogP contribution >= 0.6 is 11.8 Å². The van der Waals surface area contributed by atoms with E-state index in [1.165, 1.54) is 23.9 Å². The maximum atomic E-state index is 12.0. The van der Waals surface area contributed by atoms with Crippen LogP contribution in [0.5, 0.6) is 0 Å². The number of carbonyl (C=O) groups is 2. The summed E-state index contributed by atoms with van der Waals surface area (Å²) >= 11 is 1.35. The minimum absolute atomic E-state index is 0.171. The molecule has 9 heteroatoms. The molecular weight excluding hydrogens is 378 g/mol. The summed E-state index contributed by atoms with van der Waals surface area (Å²) in [6, 6.07) is 13.8. The van der Waals surface area contributed by atoms with Crippen molar-refractivity contribution in [3.63, 3.8) is 0 Å². The predicted molar refractivity (Wildman–Crippen MR) is 107 cm³/mol. The van der Waals surface area contributed by atoms with Crippen LogP contribution in [0.2, 0.25) is 0 Å². The third-order valence-corrected chi connectivity index (χ3v) is 4.92. The standard InChI is InChI=1S/C19H15N5O3S/c25-15(20-12-7-5-11(6-8-12)18(26)27)9-10-28-19-22-17-16(23-24-19)13-3-1-2-4-14(13)21-17/h1-8H,9-10H2,(H,20,25)(H,26,27)(H,21,22,24). The van der Waals surface area contributed by atoms with Crippen LogP contribution in [0.4, 0.5) is 5.69 Å². The molecule has 3 N–H and O–H groups in total. The molecule has 0 fully saturated rings. The molecule has 8 nitrogen and oxygen atoms in total. The van der Waals surface area contributed by atoms with E-state index in [1.807, 2.05) is 24.3 Å². The minimum atomic E-state index is -1.00. The molecule has 1 amide bonds. The maximum absolute atomic E-state index is 12.0. The summed E-state index contributed by atoms with van der Waals surface area (Å²) in [5, 5.41) is 21.5. The van der Waals surface area contributed by atoms with Gasteiger partial charge in [-0.1, -0.05) is 30.0 Å². The van der Waals surface area contributed by atoms with Crippen molar-refractivity contribution in [2.24, 2.45) is 0 Å². The monoisotopic (exact) mass is 393 g/mol. The fourth-order valence-electron chi connectivity index (χ4n) is 2.72. The van der Waals surface area contributed by atoms with Gasteiger partial charge in [-0.05, 0) is 30.3 Å². The molecule has 0 saturated carbocycles. The van der Waals surface area contributed by atoms with Gasteiger partial charge in [-0.15, -0.1) is 10.2 Å². The van der Waals surface area contributed by atoms with E-state index in [4.69, 9.17) is 5.11 Å². The summed E-state index contributed by atoms with van der Waals surface area (Å²) in [5.41, 5.74) is 3.07. The number of thioether (sulfide) groups is 1. The first kappa shape index (κ1) is 17.9. The van der Waals surface area contributed by atoms with Gasteiger partial charge in [0.15, 0.2) is 5.65 Å². The molecule has 0 saturated heterocycles. The second-order valence-corrected chi connectivity index (χ2v) is 7.05. The minimum Gasteiger partial charge on any atom is -0.478 e. The number of H-pyrrole nitrogens is 1. The van der Waals surface area contributed by atoms with Crippen LogP contribution in [0, 0.1) is 0 Å². The van der Waals surface area contributed by atoms with Crippen molar-refractivity contribution < 1.29 is 14.7 Å². The Bertz CT molecular complexity index is 1170. The first-order chi connectivity index (χ1) is 13.6. The zero-order chi connectivity index (χ0) is 19.5. The smallest absolute Gasteiger partial charge is 0.335 e. The van der Waals surface area contributed by atoms with E-state index in [9.17, 15) is 9.59 Å². The second-order valence-electron chi connectivity index (χ2n) is 5.99. The Hall–Kier alpha value is -3.46. The number of benzene rings is 2. The first-order valence-electron chi connectivity index (χ1n) is 8.47. The van der Waals surface area contributed by atoms with Crippen molar-refractivity contribution in [2.75, 3.05) is 11.1 Å². The number of hydrogen-bond donors (Lipinski definition) is 3. The van der Waals surface area contributed by atoms with Gasteiger partial charge in [0.1, 0.15) is 5.52 Å². The number of aromatic amines is 1. The molecule has 0 aliphatic rings. The van der Waals surface area contributed by atoms with E-state index in [2.05, 4.69) is 25.5 Å². The van der Waals surface area contributed by atoms with E-state index in [1.54, 1.807) is 12.1 Å². The van der Waals surface area contributed by atoms with Gasteiger partial charge in [-0.25, -0.2) is 9.78 Å². The number of carbonyl (C=O) groups excluding carboxylic acids is 1. The quantitative estimate of drug-likeness (QED) is 0.430. The van der Waals surface area contributed by atoms with Crippen LogP contribution in [0.1, 0.15) is 16.8 Å². The topological polar surface area (TPSA) is 121 Å². The average Bonchev–Trinajstić information content (AvgIpc) is 3.06. The lowest BCUT2D eigenvalue weighted by Gasteiger charge is -2.05. The van der Waals surface area contributed by atoms with Gasteiger partial charge in [0.2, 0.25) is 11.1 Å². The van der Waals surface area contributed by atoms with Gasteiger partial charge in [-0.3, -0.25) is 4.79 Å².